The smallest absolute Gasteiger partial charge is 0.374 e. The van der Waals surface area contributed by atoms with Crippen molar-refractivity contribution in [2.75, 3.05) is 31.3 Å². The standard InChI is InChI=1S/C11H24N4O3SSi/c1-4-16-20(17-5-2,18-6-3)9-7-8-19-11-13-10(12)14-15-11/h4-9H2,1-3H3,(H3,12,13,14,15). The Kier molecular flexibility index (Phi) is 8.15. The lowest BCUT2D eigenvalue weighted by Crippen LogP contribution is -2.46. The Morgan fingerprint density at radius 2 is 1.70 bits per heavy atom. The second kappa shape index (κ2) is 9.35. The van der Waals surface area contributed by atoms with Gasteiger partial charge in [0.25, 0.3) is 0 Å². The molecule has 1 heterocycles. The maximum Gasteiger partial charge on any atom is 0.500 e. The molecule has 0 amide bonds. The molecule has 0 radical (unpaired) electrons. The van der Waals surface area contributed by atoms with Crippen LogP contribution in [0.15, 0.2) is 5.16 Å². The lowest BCUT2D eigenvalue weighted by atomic mass is 10.6. The fourth-order valence-electron chi connectivity index (χ4n) is 1.78. The van der Waals surface area contributed by atoms with Gasteiger partial charge in [0.2, 0.25) is 5.95 Å². The summed E-state index contributed by atoms with van der Waals surface area (Å²) in [6, 6.07) is 0.805. The number of nitrogens with one attached hydrogen (secondary N) is 1. The van der Waals surface area contributed by atoms with Gasteiger partial charge < -0.3 is 24.0 Å². The van der Waals surface area contributed by atoms with Crippen molar-refractivity contribution in [3.05, 3.63) is 0 Å². The summed E-state index contributed by atoms with van der Waals surface area (Å²) in [5.74, 6) is 1.23. The topological polar surface area (TPSA) is 95.3 Å². The molecule has 0 unspecified atom stereocenters. The zero-order valence-corrected chi connectivity index (χ0v) is 14.2. The molecule has 0 aliphatic heterocycles. The predicted octanol–water partition coefficient (Wildman–Crippen LogP) is 1.92. The highest BCUT2D eigenvalue weighted by Crippen LogP contribution is 2.22. The maximum atomic E-state index is 5.80. The lowest BCUT2D eigenvalue weighted by Gasteiger charge is -2.28. The molecule has 7 nitrogen and oxygen atoms in total. The molecule has 0 fully saturated rings. The fourth-order valence-corrected chi connectivity index (χ4v) is 5.41. The van der Waals surface area contributed by atoms with E-state index in [1.807, 2.05) is 20.8 Å². The molecule has 0 aliphatic rings. The molecular weight excluding hydrogens is 296 g/mol. The van der Waals surface area contributed by atoms with Crippen LogP contribution in [0.3, 0.4) is 0 Å². The van der Waals surface area contributed by atoms with E-state index >= 15 is 0 Å². The minimum Gasteiger partial charge on any atom is -0.374 e. The molecule has 1 aromatic heterocycles. The van der Waals surface area contributed by atoms with E-state index in [-0.39, 0.29) is 0 Å². The normalized spacial score (nSPS) is 11.9. The summed E-state index contributed by atoms with van der Waals surface area (Å²) < 4.78 is 17.4. The molecule has 0 saturated carbocycles. The van der Waals surface area contributed by atoms with E-state index in [0.717, 1.165) is 23.4 Å². The van der Waals surface area contributed by atoms with Crippen LogP contribution in [-0.4, -0.2) is 49.6 Å². The molecule has 0 aromatic carbocycles. The summed E-state index contributed by atoms with van der Waals surface area (Å²) in [5.41, 5.74) is 5.48. The SMILES string of the molecule is CCO[Si](CCCSc1nnc(N)[nH]1)(OCC)OCC. The summed E-state index contributed by atoms with van der Waals surface area (Å²) in [7, 11) is -2.51. The third-order valence-electron chi connectivity index (χ3n) is 2.44. The zero-order chi connectivity index (χ0) is 14.8. The van der Waals surface area contributed by atoms with Gasteiger partial charge in [0.15, 0.2) is 5.16 Å². The summed E-state index contributed by atoms with van der Waals surface area (Å²) in [6.45, 7) is 7.72. The molecular formula is C11H24N4O3SSi. The summed E-state index contributed by atoms with van der Waals surface area (Å²) in [6.07, 6.45) is 0.928. The first-order valence-electron chi connectivity index (χ1n) is 6.88. The Morgan fingerprint density at radius 1 is 1.10 bits per heavy atom. The molecule has 1 rings (SSSR count). The Hall–Kier alpha value is -0.613. The van der Waals surface area contributed by atoms with Gasteiger partial charge in [0, 0.05) is 31.6 Å². The average molecular weight is 320 g/mol. The number of aromatic nitrogens is 3. The minimum absolute atomic E-state index is 0.342. The number of nitrogen functional groups attached to an aromatic ring is 1. The zero-order valence-electron chi connectivity index (χ0n) is 12.3. The summed E-state index contributed by atoms with van der Waals surface area (Å²) in [4.78, 5) is 2.89. The number of nitrogens with two attached hydrogens (primary N) is 1. The van der Waals surface area contributed by atoms with Crippen molar-refractivity contribution in [2.45, 2.75) is 38.4 Å². The Morgan fingerprint density at radius 3 is 2.15 bits per heavy atom. The van der Waals surface area contributed by atoms with E-state index in [4.69, 9.17) is 19.0 Å². The van der Waals surface area contributed by atoms with Crippen LogP contribution in [0.1, 0.15) is 27.2 Å². The van der Waals surface area contributed by atoms with E-state index in [9.17, 15) is 0 Å². The molecule has 3 N–H and O–H groups in total. The number of hydrogen-bond donors (Lipinski definition) is 2. The number of thioether (sulfide) groups is 1. The van der Waals surface area contributed by atoms with E-state index in [1.165, 1.54) is 0 Å². The number of aromatic amines is 1. The molecule has 0 aliphatic carbocycles. The molecule has 9 heteroatoms. The monoisotopic (exact) mass is 320 g/mol. The van der Waals surface area contributed by atoms with Crippen LogP contribution in [0.4, 0.5) is 5.95 Å². The first-order chi connectivity index (χ1) is 9.65. The van der Waals surface area contributed by atoms with Gasteiger partial charge in [-0.2, -0.15) is 0 Å². The second-order valence-corrected chi connectivity index (χ2v) is 7.77. The van der Waals surface area contributed by atoms with Crippen LogP contribution in [0.25, 0.3) is 0 Å². The molecule has 20 heavy (non-hydrogen) atoms. The molecule has 1 aromatic rings. The second-order valence-electron chi connectivity index (χ2n) is 3.95. The van der Waals surface area contributed by atoms with Crippen molar-refractivity contribution < 1.29 is 13.3 Å². The van der Waals surface area contributed by atoms with Gasteiger partial charge in [-0.3, -0.25) is 0 Å². The van der Waals surface area contributed by atoms with Crippen molar-refractivity contribution in [3.8, 4) is 0 Å². The Labute approximate surface area is 125 Å². The summed E-state index contributed by atoms with van der Waals surface area (Å²) >= 11 is 1.58. The molecule has 0 spiro atoms. The van der Waals surface area contributed by atoms with Crippen molar-refractivity contribution >= 4 is 26.5 Å². The van der Waals surface area contributed by atoms with Crippen molar-refractivity contribution in [2.24, 2.45) is 0 Å². The lowest BCUT2D eigenvalue weighted by molar-refractivity contribution is 0.0712. The van der Waals surface area contributed by atoms with Gasteiger partial charge in [0.05, 0.1) is 0 Å². The highest BCUT2D eigenvalue weighted by Gasteiger charge is 2.39. The average Bonchev–Trinajstić information content (AvgIpc) is 2.82. The van der Waals surface area contributed by atoms with Crippen molar-refractivity contribution in [3.63, 3.8) is 0 Å². The van der Waals surface area contributed by atoms with Crippen molar-refractivity contribution in [1.82, 2.24) is 15.2 Å². The highest BCUT2D eigenvalue weighted by atomic mass is 32.2. The largest absolute Gasteiger partial charge is 0.500 e. The van der Waals surface area contributed by atoms with Crippen LogP contribution < -0.4 is 5.73 Å². The Balaban J connectivity index is 2.40. The molecule has 0 atom stereocenters. The van der Waals surface area contributed by atoms with E-state index in [0.29, 0.717) is 25.8 Å². The number of rotatable bonds is 11. The van der Waals surface area contributed by atoms with Crippen LogP contribution in [0, 0.1) is 0 Å². The van der Waals surface area contributed by atoms with Crippen LogP contribution in [-0.2, 0) is 13.3 Å². The maximum absolute atomic E-state index is 5.80. The number of anilines is 1. The first-order valence-corrected chi connectivity index (χ1v) is 9.80. The quantitative estimate of drug-likeness (QED) is 0.365. The molecule has 0 bridgehead atoms. The molecule has 116 valence electrons. The Bertz CT molecular complexity index is 363. The first kappa shape index (κ1) is 17.4. The van der Waals surface area contributed by atoms with Gasteiger partial charge in [-0.25, -0.2) is 0 Å². The van der Waals surface area contributed by atoms with E-state index in [1.54, 1.807) is 11.8 Å². The number of nitrogens with zero attached hydrogens (tertiary/aromatic N) is 2. The van der Waals surface area contributed by atoms with Gasteiger partial charge in [-0.1, -0.05) is 11.8 Å². The summed E-state index contributed by atoms with van der Waals surface area (Å²) in [5, 5.41) is 8.36. The van der Waals surface area contributed by atoms with Gasteiger partial charge in [-0.15, -0.1) is 10.2 Å². The van der Waals surface area contributed by atoms with Gasteiger partial charge in [0.1, 0.15) is 0 Å². The van der Waals surface area contributed by atoms with E-state index < -0.39 is 8.80 Å². The van der Waals surface area contributed by atoms with Crippen molar-refractivity contribution in [1.29, 1.82) is 0 Å². The molecule has 0 saturated heterocycles. The minimum atomic E-state index is -2.51. The van der Waals surface area contributed by atoms with Crippen LogP contribution in [0.2, 0.25) is 6.04 Å². The predicted molar refractivity (Wildman–Crippen MR) is 81.6 cm³/mol. The number of hydrogen-bond acceptors (Lipinski definition) is 7. The number of H-pyrrole nitrogens is 1. The van der Waals surface area contributed by atoms with Gasteiger partial charge in [-0.05, 0) is 27.2 Å². The van der Waals surface area contributed by atoms with Crippen LogP contribution in [0.5, 0.6) is 0 Å². The fraction of sp³-hybridized carbons (Fsp3) is 0.818. The van der Waals surface area contributed by atoms with Crippen LogP contribution >= 0.6 is 11.8 Å². The third-order valence-corrected chi connectivity index (χ3v) is 6.54. The van der Waals surface area contributed by atoms with Gasteiger partial charge >= 0.3 is 8.80 Å². The highest BCUT2D eigenvalue weighted by molar-refractivity contribution is 7.99. The van der Waals surface area contributed by atoms with E-state index in [2.05, 4.69) is 15.2 Å². The third kappa shape index (κ3) is 5.79.